The molecule has 1 saturated heterocycles. The van der Waals surface area contributed by atoms with E-state index in [2.05, 4.69) is 44.6 Å². The molecule has 0 unspecified atom stereocenters. The standard InChI is InChI=1S/C20H20N6O/c27-20(24-15-4-5-19-22-13-23-26(19)12-15)25-10-7-14(8-11-25)16-2-1-3-18-17(16)6-9-21-18/h1-6,9,12-14,21H,7-8,10-11H2,(H,24,27). The van der Waals surface area contributed by atoms with Gasteiger partial charge in [0.1, 0.15) is 6.33 Å². The number of amides is 2. The maximum absolute atomic E-state index is 12.6. The first-order valence-electron chi connectivity index (χ1n) is 9.19. The van der Waals surface area contributed by atoms with E-state index in [4.69, 9.17) is 0 Å². The molecule has 136 valence electrons. The van der Waals surface area contributed by atoms with Gasteiger partial charge in [-0.1, -0.05) is 12.1 Å². The summed E-state index contributed by atoms with van der Waals surface area (Å²) in [5.74, 6) is 0.486. The van der Waals surface area contributed by atoms with Crippen LogP contribution in [0.5, 0.6) is 0 Å². The largest absolute Gasteiger partial charge is 0.361 e. The van der Waals surface area contributed by atoms with Gasteiger partial charge >= 0.3 is 6.03 Å². The van der Waals surface area contributed by atoms with Gasteiger partial charge in [0.2, 0.25) is 0 Å². The number of nitrogens with one attached hydrogen (secondary N) is 2. The molecule has 4 aromatic rings. The lowest BCUT2D eigenvalue weighted by atomic mass is 9.87. The Hall–Kier alpha value is -3.35. The van der Waals surface area contributed by atoms with Crippen LogP contribution in [0.1, 0.15) is 24.3 Å². The number of carbonyl (C=O) groups excluding carboxylic acids is 1. The lowest BCUT2D eigenvalue weighted by Gasteiger charge is -2.32. The van der Waals surface area contributed by atoms with E-state index in [1.54, 1.807) is 10.7 Å². The molecule has 0 bridgehead atoms. The van der Waals surface area contributed by atoms with Crippen LogP contribution in [0.15, 0.2) is 55.1 Å². The van der Waals surface area contributed by atoms with Crippen molar-refractivity contribution in [2.45, 2.75) is 18.8 Å². The molecule has 27 heavy (non-hydrogen) atoms. The van der Waals surface area contributed by atoms with Gasteiger partial charge in [0.15, 0.2) is 5.65 Å². The predicted molar refractivity (Wildman–Crippen MR) is 104 cm³/mol. The van der Waals surface area contributed by atoms with Gasteiger partial charge in [0, 0.05) is 30.2 Å². The highest BCUT2D eigenvalue weighted by atomic mass is 16.2. The van der Waals surface area contributed by atoms with Crippen LogP contribution in [0.2, 0.25) is 0 Å². The molecule has 4 heterocycles. The van der Waals surface area contributed by atoms with Gasteiger partial charge in [-0.15, -0.1) is 0 Å². The molecule has 2 amide bonds. The summed E-state index contributed by atoms with van der Waals surface area (Å²) in [6.07, 6.45) is 7.21. The van der Waals surface area contributed by atoms with Gasteiger partial charge in [-0.25, -0.2) is 14.3 Å². The number of pyridine rings is 1. The number of hydrogen-bond acceptors (Lipinski definition) is 3. The molecule has 5 rings (SSSR count). The number of H-pyrrole nitrogens is 1. The SMILES string of the molecule is O=C(Nc1ccc2ncnn2c1)N1CCC(c2cccc3[nH]ccc23)CC1. The number of piperidine rings is 1. The summed E-state index contributed by atoms with van der Waals surface area (Å²) in [5, 5.41) is 8.36. The van der Waals surface area contributed by atoms with E-state index in [1.807, 2.05) is 23.2 Å². The summed E-state index contributed by atoms with van der Waals surface area (Å²) in [6.45, 7) is 1.51. The normalized spacial score (nSPS) is 15.5. The molecule has 0 aliphatic carbocycles. The minimum atomic E-state index is -0.0623. The number of aromatic nitrogens is 4. The summed E-state index contributed by atoms with van der Waals surface area (Å²) in [4.78, 5) is 21.9. The molecular weight excluding hydrogens is 340 g/mol. The number of benzene rings is 1. The number of likely N-dealkylation sites (tertiary alicyclic amines) is 1. The zero-order chi connectivity index (χ0) is 18.2. The highest BCUT2D eigenvalue weighted by Crippen LogP contribution is 2.33. The van der Waals surface area contributed by atoms with Gasteiger partial charge in [-0.05, 0) is 48.6 Å². The number of hydrogen-bond donors (Lipinski definition) is 2. The van der Waals surface area contributed by atoms with E-state index in [1.165, 1.54) is 22.8 Å². The number of nitrogens with zero attached hydrogens (tertiary/aromatic N) is 4. The van der Waals surface area contributed by atoms with Gasteiger partial charge < -0.3 is 15.2 Å². The van der Waals surface area contributed by atoms with Crippen molar-refractivity contribution < 1.29 is 4.79 Å². The van der Waals surface area contributed by atoms with Crippen molar-refractivity contribution in [3.05, 3.63) is 60.7 Å². The van der Waals surface area contributed by atoms with Crippen LogP contribution in [0.25, 0.3) is 16.6 Å². The van der Waals surface area contributed by atoms with Gasteiger partial charge in [-0.2, -0.15) is 5.10 Å². The molecular formula is C20H20N6O. The maximum atomic E-state index is 12.6. The Morgan fingerprint density at radius 1 is 1.15 bits per heavy atom. The summed E-state index contributed by atoms with van der Waals surface area (Å²) in [6, 6.07) is 12.2. The van der Waals surface area contributed by atoms with Crippen LogP contribution in [-0.4, -0.2) is 43.6 Å². The molecule has 0 saturated carbocycles. The molecule has 2 N–H and O–H groups in total. The van der Waals surface area contributed by atoms with Crippen molar-refractivity contribution in [3.63, 3.8) is 0 Å². The number of carbonyl (C=O) groups is 1. The lowest BCUT2D eigenvalue weighted by Crippen LogP contribution is -2.40. The predicted octanol–water partition coefficient (Wildman–Crippen LogP) is 3.62. The fourth-order valence-electron chi connectivity index (χ4n) is 3.95. The van der Waals surface area contributed by atoms with Crippen molar-refractivity contribution >= 4 is 28.3 Å². The fraction of sp³-hybridized carbons (Fsp3) is 0.250. The van der Waals surface area contributed by atoms with Crippen LogP contribution in [0.3, 0.4) is 0 Å². The summed E-state index contributed by atoms with van der Waals surface area (Å²) < 4.78 is 1.65. The Morgan fingerprint density at radius 2 is 2.04 bits per heavy atom. The third-order valence-corrected chi connectivity index (χ3v) is 5.38. The zero-order valence-corrected chi connectivity index (χ0v) is 14.8. The molecule has 1 aliphatic heterocycles. The van der Waals surface area contributed by atoms with Gasteiger partial charge in [-0.3, -0.25) is 0 Å². The second kappa shape index (κ2) is 6.42. The minimum absolute atomic E-state index is 0.0623. The average Bonchev–Trinajstić information content (AvgIpc) is 3.36. The second-order valence-electron chi connectivity index (χ2n) is 6.96. The fourth-order valence-corrected chi connectivity index (χ4v) is 3.95. The number of rotatable bonds is 2. The number of fused-ring (bicyclic) bond motifs is 2. The van der Waals surface area contributed by atoms with E-state index in [0.717, 1.165) is 37.3 Å². The van der Waals surface area contributed by atoms with Crippen molar-refractivity contribution in [2.24, 2.45) is 0 Å². The van der Waals surface area contributed by atoms with Crippen LogP contribution < -0.4 is 5.32 Å². The Kier molecular flexibility index (Phi) is 3.78. The molecule has 1 aromatic carbocycles. The quantitative estimate of drug-likeness (QED) is 0.573. The third-order valence-electron chi connectivity index (χ3n) is 5.38. The zero-order valence-electron chi connectivity index (χ0n) is 14.8. The van der Waals surface area contributed by atoms with Crippen LogP contribution in [-0.2, 0) is 0 Å². The highest BCUT2D eigenvalue weighted by molar-refractivity contribution is 5.89. The maximum Gasteiger partial charge on any atom is 0.321 e. The lowest BCUT2D eigenvalue weighted by molar-refractivity contribution is 0.195. The third kappa shape index (κ3) is 2.91. The van der Waals surface area contributed by atoms with E-state index in [9.17, 15) is 4.79 Å². The van der Waals surface area contributed by atoms with Crippen molar-refractivity contribution in [1.29, 1.82) is 0 Å². The van der Waals surface area contributed by atoms with E-state index >= 15 is 0 Å². The second-order valence-corrected chi connectivity index (χ2v) is 6.96. The van der Waals surface area contributed by atoms with E-state index in [0.29, 0.717) is 5.92 Å². The summed E-state index contributed by atoms with van der Waals surface area (Å²) in [7, 11) is 0. The Labute approximate surface area is 156 Å². The number of anilines is 1. The van der Waals surface area contributed by atoms with Gasteiger partial charge in [0.05, 0.1) is 11.9 Å². The molecule has 0 radical (unpaired) electrons. The molecule has 7 nitrogen and oxygen atoms in total. The topological polar surface area (TPSA) is 78.3 Å². The average molecular weight is 360 g/mol. The van der Waals surface area contributed by atoms with Gasteiger partial charge in [0.25, 0.3) is 0 Å². The Balaban J connectivity index is 1.26. The van der Waals surface area contributed by atoms with E-state index in [-0.39, 0.29) is 6.03 Å². The van der Waals surface area contributed by atoms with Crippen molar-refractivity contribution in [3.8, 4) is 0 Å². The first kappa shape index (κ1) is 15.9. The molecule has 3 aromatic heterocycles. The van der Waals surface area contributed by atoms with Crippen molar-refractivity contribution in [2.75, 3.05) is 18.4 Å². The Morgan fingerprint density at radius 3 is 2.93 bits per heavy atom. The monoisotopic (exact) mass is 360 g/mol. The van der Waals surface area contributed by atoms with E-state index < -0.39 is 0 Å². The first-order chi connectivity index (χ1) is 13.3. The minimum Gasteiger partial charge on any atom is -0.361 e. The van der Waals surface area contributed by atoms with Crippen LogP contribution in [0.4, 0.5) is 10.5 Å². The summed E-state index contributed by atoms with van der Waals surface area (Å²) >= 11 is 0. The number of urea groups is 1. The molecule has 1 fully saturated rings. The van der Waals surface area contributed by atoms with Crippen LogP contribution in [0, 0.1) is 0 Å². The molecule has 0 spiro atoms. The van der Waals surface area contributed by atoms with Crippen molar-refractivity contribution in [1.82, 2.24) is 24.5 Å². The van der Waals surface area contributed by atoms with Crippen LogP contribution >= 0.6 is 0 Å². The smallest absolute Gasteiger partial charge is 0.321 e. The molecule has 0 atom stereocenters. The first-order valence-corrected chi connectivity index (χ1v) is 9.19. The Bertz CT molecular complexity index is 1110. The molecule has 1 aliphatic rings. The number of aromatic amines is 1. The molecule has 7 heteroatoms. The highest BCUT2D eigenvalue weighted by Gasteiger charge is 2.25. The summed E-state index contributed by atoms with van der Waals surface area (Å²) in [5.41, 5.74) is 4.03.